The van der Waals surface area contributed by atoms with Crippen LogP contribution < -0.4 is 0 Å². The molecule has 0 rings (SSSR count). The third-order valence-corrected chi connectivity index (χ3v) is 2.39. The van der Waals surface area contributed by atoms with Crippen molar-refractivity contribution in [1.82, 2.24) is 0 Å². The van der Waals surface area contributed by atoms with Gasteiger partial charge in [0.1, 0.15) is 0 Å². The molecule has 0 aliphatic heterocycles. The first kappa shape index (κ1) is 13.3. The summed E-state index contributed by atoms with van der Waals surface area (Å²) in [4.78, 5) is 0. The van der Waals surface area contributed by atoms with E-state index in [9.17, 15) is 5.11 Å². The van der Waals surface area contributed by atoms with E-state index < -0.39 is 0 Å². The lowest BCUT2D eigenvalue weighted by Gasteiger charge is -2.16. The van der Waals surface area contributed by atoms with Gasteiger partial charge in [-0.1, -0.05) is 26.0 Å². The zero-order valence-electron chi connectivity index (χ0n) is 9.75. The SMILES string of the molecule is CC#C[C@@H](C)CC[C@@H](O)[C@H](C)/C=C/C. The fourth-order valence-corrected chi connectivity index (χ4v) is 1.43. The lowest BCUT2D eigenvalue weighted by atomic mass is 9.96. The summed E-state index contributed by atoms with van der Waals surface area (Å²) in [5.41, 5.74) is 0. The Hall–Kier alpha value is -0.740. The highest BCUT2D eigenvalue weighted by atomic mass is 16.3. The van der Waals surface area contributed by atoms with Crippen molar-refractivity contribution >= 4 is 0 Å². The Morgan fingerprint density at radius 2 is 1.93 bits per heavy atom. The van der Waals surface area contributed by atoms with Crippen molar-refractivity contribution in [3.05, 3.63) is 12.2 Å². The Balaban J connectivity index is 3.81. The Kier molecular flexibility index (Phi) is 7.24. The summed E-state index contributed by atoms with van der Waals surface area (Å²) in [7, 11) is 0. The molecular weight excluding hydrogens is 172 g/mol. The number of allylic oxidation sites excluding steroid dienone is 1. The molecule has 0 aromatic heterocycles. The second-order valence-corrected chi connectivity index (χ2v) is 3.82. The van der Waals surface area contributed by atoms with E-state index in [1.165, 1.54) is 0 Å². The predicted molar refractivity (Wildman–Crippen MR) is 61.8 cm³/mol. The lowest BCUT2D eigenvalue weighted by Crippen LogP contribution is -2.16. The highest BCUT2D eigenvalue weighted by Crippen LogP contribution is 2.14. The summed E-state index contributed by atoms with van der Waals surface area (Å²) >= 11 is 0. The zero-order chi connectivity index (χ0) is 11.0. The highest BCUT2D eigenvalue weighted by Gasteiger charge is 2.11. The molecule has 0 amide bonds. The van der Waals surface area contributed by atoms with E-state index in [4.69, 9.17) is 0 Å². The van der Waals surface area contributed by atoms with Crippen LogP contribution in [0.2, 0.25) is 0 Å². The first-order chi connectivity index (χ1) is 6.61. The van der Waals surface area contributed by atoms with Crippen LogP contribution in [0.25, 0.3) is 0 Å². The van der Waals surface area contributed by atoms with Crippen LogP contribution in [-0.2, 0) is 0 Å². The van der Waals surface area contributed by atoms with E-state index >= 15 is 0 Å². The first-order valence-corrected chi connectivity index (χ1v) is 5.35. The standard InChI is InChI=1S/C13H22O/c1-5-7-11(3)9-10-13(14)12(4)8-6-2/h6,8,11-14H,9-10H2,1-4H3/b8-6+/t11-,12-,13-/m1/s1. The minimum Gasteiger partial charge on any atom is -0.393 e. The topological polar surface area (TPSA) is 20.2 Å². The summed E-state index contributed by atoms with van der Waals surface area (Å²) in [6.45, 7) is 7.98. The van der Waals surface area contributed by atoms with Crippen molar-refractivity contribution in [3.63, 3.8) is 0 Å². The summed E-state index contributed by atoms with van der Waals surface area (Å²) < 4.78 is 0. The predicted octanol–water partition coefficient (Wildman–Crippen LogP) is 3.00. The Bertz CT molecular complexity index is 219. The van der Waals surface area contributed by atoms with Gasteiger partial charge in [0.2, 0.25) is 0 Å². The number of hydrogen-bond acceptors (Lipinski definition) is 1. The van der Waals surface area contributed by atoms with Gasteiger partial charge in [0.25, 0.3) is 0 Å². The van der Waals surface area contributed by atoms with Crippen LogP contribution in [-0.4, -0.2) is 11.2 Å². The molecule has 1 nitrogen and oxygen atoms in total. The molecule has 0 radical (unpaired) electrons. The fraction of sp³-hybridized carbons (Fsp3) is 0.692. The molecule has 0 saturated heterocycles. The molecule has 0 heterocycles. The van der Waals surface area contributed by atoms with Crippen molar-refractivity contribution in [3.8, 4) is 11.8 Å². The average Bonchev–Trinajstić information content (AvgIpc) is 2.15. The van der Waals surface area contributed by atoms with Crippen LogP contribution in [0.15, 0.2) is 12.2 Å². The van der Waals surface area contributed by atoms with Gasteiger partial charge in [0.05, 0.1) is 6.10 Å². The van der Waals surface area contributed by atoms with Crippen LogP contribution in [0.4, 0.5) is 0 Å². The fourth-order valence-electron chi connectivity index (χ4n) is 1.43. The van der Waals surface area contributed by atoms with Crippen molar-refractivity contribution < 1.29 is 5.11 Å². The third-order valence-electron chi connectivity index (χ3n) is 2.39. The molecular formula is C13H22O. The van der Waals surface area contributed by atoms with Crippen molar-refractivity contribution in [2.45, 2.75) is 46.6 Å². The molecule has 80 valence electrons. The van der Waals surface area contributed by atoms with E-state index in [1.807, 2.05) is 32.9 Å². The molecule has 1 N–H and O–H groups in total. The lowest BCUT2D eigenvalue weighted by molar-refractivity contribution is 0.123. The van der Waals surface area contributed by atoms with E-state index in [0.29, 0.717) is 5.92 Å². The summed E-state index contributed by atoms with van der Waals surface area (Å²) in [6, 6.07) is 0. The van der Waals surface area contributed by atoms with Gasteiger partial charge < -0.3 is 5.11 Å². The van der Waals surface area contributed by atoms with Gasteiger partial charge in [-0.2, -0.15) is 0 Å². The first-order valence-electron chi connectivity index (χ1n) is 5.35. The molecule has 0 bridgehead atoms. The number of hydrogen-bond donors (Lipinski definition) is 1. The molecule has 0 aromatic carbocycles. The smallest absolute Gasteiger partial charge is 0.0600 e. The molecule has 0 fully saturated rings. The quantitative estimate of drug-likeness (QED) is 0.527. The molecule has 3 atom stereocenters. The van der Waals surface area contributed by atoms with Crippen molar-refractivity contribution in [1.29, 1.82) is 0 Å². The average molecular weight is 194 g/mol. The van der Waals surface area contributed by atoms with Crippen LogP contribution in [0, 0.1) is 23.7 Å². The second-order valence-electron chi connectivity index (χ2n) is 3.82. The minimum absolute atomic E-state index is 0.229. The number of rotatable bonds is 5. The van der Waals surface area contributed by atoms with Crippen LogP contribution in [0.5, 0.6) is 0 Å². The van der Waals surface area contributed by atoms with E-state index in [2.05, 4.69) is 18.8 Å². The van der Waals surface area contributed by atoms with Gasteiger partial charge in [0, 0.05) is 5.92 Å². The molecule has 0 saturated carbocycles. The monoisotopic (exact) mass is 194 g/mol. The second kappa shape index (κ2) is 7.64. The van der Waals surface area contributed by atoms with Gasteiger partial charge in [0.15, 0.2) is 0 Å². The normalized spacial score (nSPS) is 17.2. The largest absolute Gasteiger partial charge is 0.393 e. The minimum atomic E-state index is -0.229. The van der Waals surface area contributed by atoms with Gasteiger partial charge in [-0.3, -0.25) is 0 Å². The van der Waals surface area contributed by atoms with Crippen LogP contribution in [0.3, 0.4) is 0 Å². The molecule has 0 aliphatic carbocycles. The number of aliphatic hydroxyl groups is 1. The maximum absolute atomic E-state index is 9.77. The third kappa shape index (κ3) is 5.83. The highest BCUT2D eigenvalue weighted by molar-refractivity contribution is 4.99. The molecule has 0 aliphatic rings. The van der Waals surface area contributed by atoms with Gasteiger partial charge in [-0.05, 0) is 32.6 Å². The maximum Gasteiger partial charge on any atom is 0.0600 e. The molecule has 0 spiro atoms. The van der Waals surface area contributed by atoms with E-state index in [0.717, 1.165) is 12.8 Å². The Morgan fingerprint density at radius 3 is 2.43 bits per heavy atom. The van der Waals surface area contributed by atoms with Gasteiger partial charge >= 0.3 is 0 Å². The van der Waals surface area contributed by atoms with Crippen molar-refractivity contribution in [2.24, 2.45) is 11.8 Å². The van der Waals surface area contributed by atoms with E-state index in [-0.39, 0.29) is 12.0 Å². The van der Waals surface area contributed by atoms with Crippen molar-refractivity contribution in [2.75, 3.05) is 0 Å². The zero-order valence-corrected chi connectivity index (χ0v) is 9.75. The molecule has 14 heavy (non-hydrogen) atoms. The molecule has 1 heteroatoms. The van der Waals surface area contributed by atoms with Gasteiger partial charge in [-0.15, -0.1) is 11.8 Å². The molecule has 0 aromatic rings. The van der Waals surface area contributed by atoms with Crippen LogP contribution >= 0.6 is 0 Å². The molecule has 0 unspecified atom stereocenters. The number of aliphatic hydroxyl groups excluding tert-OH is 1. The maximum atomic E-state index is 9.77. The summed E-state index contributed by atoms with van der Waals surface area (Å²) in [6.07, 6.45) is 5.61. The van der Waals surface area contributed by atoms with E-state index in [1.54, 1.807) is 0 Å². The Labute approximate surface area is 88.2 Å². The Morgan fingerprint density at radius 1 is 1.29 bits per heavy atom. The van der Waals surface area contributed by atoms with Crippen LogP contribution in [0.1, 0.15) is 40.5 Å². The summed E-state index contributed by atoms with van der Waals surface area (Å²) in [5.74, 6) is 6.64. The summed E-state index contributed by atoms with van der Waals surface area (Å²) in [5, 5.41) is 9.77. The van der Waals surface area contributed by atoms with Gasteiger partial charge in [-0.25, -0.2) is 0 Å².